The van der Waals surface area contributed by atoms with Gasteiger partial charge in [-0.25, -0.2) is 0 Å². The molecule has 2 rings (SSSR count). The third-order valence-corrected chi connectivity index (χ3v) is 2.30. The van der Waals surface area contributed by atoms with Crippen molar-refractivity contribution in [1.29, 1.82) is 0 Å². The first-order valence-electron chi connectivity index (χ1n) is 5.24. The minimum absolute atomic E-state index is 0.481. The fourth-order valence-electron chi connectivity index (χ4n) is 1.40. The van der Waals surface area contributed by atoms with Gasteiger partial charge in [-0.15, -0.1) is 0 Å². The Labute approximate surface area is 100 Å². The molecule has 0 aliphatic carbocycles. The summed E-state index contributed by atoms with van der Waals surface area (Å²) < 4.78 is 10.6. The molecule has 0 aliphatic rings. The van der Waals surface area contributed by atoms with E-state index in [-0.39, 0.29) is 0 Å². The minimum Gasteiger partial charge on any atom is -0.497 e. The molecule has 0 radical (unpaired) electrons. The molecule has 2 aromatic rings. The highest BCUT2D eigenvalue weighted by atomic mass is 16.5. The van der Waals surface area contributed by atoms with Crippen molar-refractivity contribution in [3.05, 3.63) is 48.3 Å². The largest absolute Gasteiger partial charge is 0.497 e. The quantitative estimate of drug-likeness (QED) is 0.875. The average molecular weight is 230 g/mol. The number of nitrogen functional groups attached to an aromatic ring is 1. The van der Waals surface area contributed by atoms with Crippen LogP contribution in [0.5, 0.6) is 11.5 Å². The molecule has 1 aromatic carbocycles. The summed E-state index contributed by atoms with van der Waals surface area (Å²) in [5.41, 5.74) is 7.26. The molecule has 0 atom stereocenters. The third-order valence-electron chi connectivity index (χ3n) is 2.30. The number of nitrogens with zero attached hydrogens (tertiary/aromatic N) is 1. The fraction of sp³-hybridized carbons (Fsp3) is 0.154. The highest BCUT2D eigenvalue weighted by Gasteiger charge is 1.98. The summed E-state index contributed by atoms with van der Waals surface area (Å²) in [6.07, 6.45) is 3.22. The van der Waals surface area contributed by atoms with Gasteiger partial charge in [0, 0.05) is 6.07 Å². The maximum atomic E-state index is 5.61. The number of hydrogen-bond acceptors (Lipinski definition) is 4. The van der Waals surface area contributed by atoms with Crippen LogP contribution in [0.1, 0.15) is 5.56 Å². The number of pyridine rings is 1. The second-order valence-electron chi connectivity index (χ2n) is 3.59. The standard InChI is InChI=1S/C13H14N2O2/c1-16-12-4-2-10(3-5-12)9-17-13-6-11(14)7-15-8-13/h2-8H,9,14H2,1H3. The third kappa shape index (κ3) is 3.11. The average Bonchev–Trinajstić information content (AvgIpc) is 2.37. The lowest BCUT2D eigenvalue weighted by Gasteiger charge is -2.07. The number of anilines is 1. The summed E-state index contributed by atoms with van der Waals surface area (Å²) in [5, 5.41) is 0. The van der Waals surface area contributed by atoms with Crippen LogP contribution in [0.3, 0.4) is 0 Å². The summed E-state index contributed by atoms with van der Waals surface area (Å²) in [4.78, 5) is 3.95. The number of benzene rings is 1. The van der Waals surface area contributed by atoms with Crippen LogP contribution < -0.4 is 15.2 Å². The van der Waals surface area contributed by atoms with E-state index in [0.29, 0.717) is 18.0 Å². The zero-order valence-corrected chi connectivity index (χ0v) is 9.59. The highest BCUT2D eigenvalue weighted by molar-refractivity contribution is 5.40. The van der Waals surface area contributed by atoms with Crippen molar-refractivity contribution in [2.45, 2.75) is 6.61 Å². The normalized spacial score (nSPS) is 9.94. The predicted octanol–water partition coefficient (Wildman–Crippen LogP) is 2.25. The van der Waals surface area contributed by atoms with Gasteiger partial charge in [0.15, 0.2) is 0 Å². The Morgan fingerprint density at radius 3 is 2.53 bits per heavy atom. The van der Waals surface area contributed by atoms with Crippen LogP contribution in [0.15, 0.2) is 42.7 Å². The first-order chi connectivity index (χ1) is 8.28. The van der Waals surface area contributed by atoms with Crippen molar-refractivity contribution in [3.63, 3.8) is 0 Å². The molecule has 0 unspecified atom stereocenters. The summed E-state index contributed by atoms with van der Waals surface area (Å²) in [6.45, 7) is 0.481. The van der Waals surface area contributed by atoms with Crippen LogP contribution in [0.25, 0.3) is 0 Å². The van der Waals surface area contributed by atoms with Crippen LogP contribution in [-0.4, -0.2) is 12.1 Å². The van der Waals surface area contributed by atoms with Gasteiger partial charge in [-0.3, -0.25) is 4.98 Å². The molecule has 1 aromatic heterocycles. The van der Waals surface area contributed by atoms with Gasteiger partial charge in [-0.2, -0.15) is 0 Å². The van der Waals surface area contributed by atoms with Crippen molar-refractivity contribution < 1.29 is 9.47 Å². The van der Waals surface area contributed by atoms with E-state index in [1.54, 1.807) is 25.6 Å². The van der Waals surface area contributed by atoms with E-state index in [2.05, 4.69) is 4.98 Å². The Bertz CT molecular complexity index is 483. The number of hydrogen-bond donors (Lipinski definition) is 1. The summed E-state index contributed by atoms with van der Waals surface area (Å²) in [5.74, 6) is 1.50. The molecule has 0 bridgehead atoms. The smallest absolute Gasteiger partial charge is 0.140 e. The van der Waals surface area contributed by atoms with Gasteiger partial charge in [0.1, 0.15) is 18.1 Å². The molecule has 0 fully saturated rings. The van der Waals surface area contributed by atoms with Crippen molar-refractivity contribution in [1.82, 2.24) is 4.98 Å². The zero-order chi connectivity index (χ0) is 12.1. The lowest BCUT2D eigenvalue weighted by molar-refractivity contribution is 0.305. The Balaban J connectivity index is 1.97. The predicted molar refractivity (Wildman–Crippen MR) is 66.0 cm³/mol. The number of aromatic nitrogens is 1. The second-order valence-corrected chi connectivity index (χ2v) is 3.59. The Hall–Kier alpha value is -2.23. The van der Waals surface area contributed by atoms with Gasteiger partial charge in [0.25, 0.3) is 0 Å². The van der Waals surface area contributed by atoms with E-state index in [1.807, 2.05) is 24.3 Å². The van der Waals surface area contributed by atoms with Gasteiger partial charge in [-0.1, -0.05) is 12.1 Å². The molecule has 0 spiro atoms. The molecule has 1 heterocycles. The van der Waals surface area contributed by atoms with E-state index < -0.39 is 0 Å². The molecule has 2 N–H and O–H groups in total. The topological polar surface area (TPSA) is 57.4 Å². The van der Waals surface area contributed by atoms with E-state index >= 15 is 0 Å². The molecule has 0 aliphatic heterocycles. The van der Waals surface area contributed by atoms with Crippen molar-refractivity contribution in [2.24, 2.45) is 0 Å². The lowest BCUT2D eigenvalue weighted by Crippen LogP contribution is -1.97. The van der Waals surface area contributed by atoms with Gasteiger partial charge >= 0.3 is 0 Å². The van der Waals surface area contributed by atoms with E-state index in [4.69, 9.17) is 15.2 Å². The van der Waals surface area contributed by atoms with Crippen LogP contribution in [0, 0.1) is 0 Å². The number of rotatable bonds is 4. The first kappa shape index (κ1) is 11.3. The monoisotopic (exact) mass is 230 g/mol. The van der Waals surface area contributed by atoms with Gasteiger partial charge < -0.3 is 15.2 Å². The maximum Gasteiger partial charge on any atom is 0.140 e. The SMILES string of the molecule is COc1ccc(COc2cncc(N)c2)cc1. The van der Waals surface area contributed by atoms with Crippen LogP contribution >= 0.6 is 0 Å². The van der Waals surface area contributed by atoms with Gasteiger partial charge in [0.05, 0.1) is 25.2 Å². The lowest BCUT2D eigenvalue weighted by atomic mass is 10.2. The fourth-order valence-corrected chi connectivity index (χ4v) is 1.40. The van der Waals surface area contributed by atoms with Crippen LogP contribution in [0.4, 0.5) is 5.69 Å². The van der Waals surface area contributed by atoms with Crippen LogP contribution in [-0.2, 0) is 6.61 Å². The summed E-state index contributed by atoms with van der Waals surface area (Å²) >= 11 is 0. The molecule has 4 nitrogen and oxygen atoms in total. The van der Waals surface area contributed by atoms with E-state index in [9.17, 15) is 0 Å². The molecular formula is C13H14N2O2. The second kappa shape index (κ2) is 5.21. The number of nitrogens with two attached hydrogens (primary N) is 1. The minimum atomic E-state index is 0.481. The molecule has 88 valence electrons. The molecular weight excluding hydrogens is 216 g/mol. The zero-order valence-electron chi connectivity index (χ0n) is 9.59. The summed E-state index contributed by atoms with van der Waals surface area (Å²) in [6, 6.07) is 9.46. The molecule has 4 heteroatoms. The van der Waals surface area contributed by atoms with Crippen molar-refractivity contribution in [3.8, 4) is 11.5 Å². The Morgan fingerprint density at radius 2 is 1.88 bits per heavy atom. The summed E-state index contributed by atoms with van der Waals surface area (Å²) in [7, 11) is 1.64. The Morgan fingerprint density at radius 1 is 1.12 bits per heavy atom. The van der Waals surface area contributed by atoms with E-state index in [0.717, 1.165) is 11.3 Å². The van der Waals surface area contributed by atoms with Crippen molar-refractivity contribution >= 4 is 5.69 Å². The highest BCUT2D eigenvalue weighted by Crippen LogP contribution is 2.16. The number of methoxy groups -OCH3 is 1. The maximum absolute atomic E-state index is 5.61. The molecule has 17 heavy (non-hydrogen) atoms. The van der Waals surface area contributed by atoms with Crippen LogP contribution in [0.2, 0.25) is 0 Å². The number of ether oxygens (including phenoxy) is 2. The molecule has 0 amide bonds. The van der Waals surface area contributed by atoms with Crippen molar-refractivity contribution in [2.75, 3.05) is 12.8 Å². The van der Waals surface area contributed by atoms with Gasteiger partial charge in [0.2, 0.25) is 0 Å². The Kier molecular flexibility index (Phi) is 3.45. The van der Waals surface area contributed by atoms with Gasteiger partial charge in [-0.05, 0) is 17.7 Å². The first-order valence-corrected chi connectivity index (χ1v) is 5.24. The molecule has 0 saturated carbocycles. The van der Waals surface area contributed by atoms with E-state index in [1.165, 1.54) is 0 Å². The molecule has 0 saturated heterocycles.